The molecule has 17 heavy (non-hydrogen) atoms. The van der Waals surface area contributed by atoms with E-state index in [0.29, 0.717) is 0 Å². The van der Waals surface area contributed by atoms with Gasteiger partial charge in [0.25, 0.3) is 0 Å². The maximum absolute atomic E-state index is 12.4. The van der Waals surface area contributed by atoms with Crippen molar-refractivity contribution in [3.05, 3.63) is 0 Å². The van der Waals surface area contributed by atoms with Gasteiger partial charge in [0, 0.05) is 6.42 Å². The summed E-state index contributed by atoms with van der Waals surface area (Å²) in [5.74, 6) is -6.62. The molecule has 0 saturated heterocycles. The summed E-state index contributed by atoms with van der Waals surface area (Å²) in [6.45, 7) is 0.930. The fourth-order valence-corrected chi connectivity index (χ4v) is 0.833. The zero-order valence-electron chi connectivity index (χ0n) is 9.27. The first-order chi connectivity index (χ1) is 7.49. The van der Waals surface area contributed by atoms with Gasteiger partial charge in [-0.1, -0.05) is 0 Å². The minimum absolute atomic E-state index is 0.568. The first-order valence-electron chi connectivity index (χ1n) is 4.65. The molecule has 0 radical (unpaired) electrons. The SMILES string of the molecule is CC(C)(CC(=O)NCC(F)(F)C(F)F)C(=O)O. The van der Waals surface area contributed by atoms with Crippen molar-refractivity contribution in [2.75, 3.05) is 6.54 Å². The maximum Gasteiger partial charge on any atom is 0.324 e. The number of carboxylic acids is 1. The first-order valence-corrected chi connectivity index (χ1v) is 4.65. The summed E-state index contributed by atoms with van der Waals surface area (Å²) in [7, 11) is 0. The van der Waals surface area contributed by atoms with E-state index >= 15 is 0 Å². The number of hydrogen-bond donors (Lipinski definition) is 2. The van der Waals surface area contributed by atoms with Crippen molar-refractivity contribution in [2.45, 2.75) is 32.6 Å². The highest BCUT2D eigenvalue weighted by molar-refractivity contribution is 5.84. The molecule has 4 nitrogen and oxygen atoms in total. The molecule has 2 N–H and O–H groups in total. The minimum Gasteiger partial charge on any atom is -0.481 e. The Morgan fingerprint density at radius 2 is 1.76 bits per heavy atom. The molecule has 0 aromatic rings. The molecule has 0 unspecified atom stereocenters. The topological polar surface area (TPSA) is 66.4 Å². The van der Waals surface area contributed by atoms with Crippen LogP contribution in [0.1, 0.15) is 20.3 Å². The van der Waals surface area contributed by atoms with E-state index in [1.165, 1.54) is 13.8 Å². The summed E-state index contributed by atoms with van der Waals surface area (Å²) in [5.41, 5.74) is -1.44. The zero-order chi connectivity index (χ0) is 13.9. The van der Waals surface area contributed by atoms with Crippen LogP contribution in [0, 0.1) is 5.41 Å². The van der Waals surface area contributed by atoms with E-state index in [2.05, 4.69) is 0 Å². The summed E-state index contributed by atoms with van der Waals surface area (Å²) in [5, 5.41) is 10.2. The molecule has 0 aromatic carbocycles. The van der Waals surface area contributed by atoms with Crippen molar-refractivity contribution in [1.82, 2.24) is 5.32 Å². The van der Waals surface area contributed by atoms with Crippen LogP contribution >= 0.6 is 0 Å². The number of halogens is 4. The molecule has 8 heteroatoms. The van der Waals surface area contributed by atoms with E-state index in [0.717, 1.165) is 0 Å². The lowest BCUT2D eigenvalue weighted by Gasteiger charge is -2.20. The van der Waals surface area contributed by atoms with Crippen LogP contribution < -0.4 is 5.32 Å². The second-order valence-electron chi connectivity index (χ2n) is 4.20. The Balaban J connectivity index is 4.27. The lowest BCUT2D eigenvalue weighted by molar-refractivity contribution is -0.150. The summed E-state index contributed by atoms with van der Waals surface area (Å²) >= 11 is 0. The number of nitrogens with one attached hydrogen (secondary N) is 1. The normalized spacial score (nSPS) is 12.6. The van der Waals surface area contributed by atoms with Crippen LogP contribution in [0.2, 0.25) is 0 Å². The molecule has 0 rings (SSSR count). The van der Waals surface area contributed by atoms with Crippen molar-refractivity contribution < 1.29 is 32.3 Å². The highest BCUT2D eigenvalue weighted by Crippen LogP contribution is 2.23. The molecule has 0 bridgehead atoms. The number of amides is 1. The Morgan fingerprint density at radius 3 is 2.12 bits per heavy atom. The molecule has 1 amide bonds. The molecule has 100 valence electrons. The molecule has 0 atom stereocenters. The van der Waals surface area contributed by atoms with E-state index in [9.17, 15) is 27.2 Å². The van der Waals surface area contributed by atoms with Crippen LogP contribution in [0.5, 0.6) is 0 Å². The predicted octanol–water partition coefficient (Wildman–Crippen LogP) is 1.50. The van der Waals surface area contributed by atoms with Crippen molar-refractivity contribution in [3.8, 4) is 0 Å². The standard InChI is InChI=1S/C9H13F4NO3/c1-8(2,7(16)17)3-5(15)14-4-9(12,13)6(10)11/h6H,3-4H2,1-2H3,(H,14,15)(H,16,17). The number of aliphatic carboxylic acids is 1. The Hall–Kier alpha value is -1.34. The van der Waals surface area contributed by atoms with Gasteiger partial charge in [-0.3, -0.25) is 9.59 Å². The highest BCUT2D eigenvalue weighted by Gasteiger charge is 2.41. The Labute approximate surface area is 95.0 Å². The van der Waals surface area contributed by atoms with Crippen LogP contribution in [0.15, 0.2) is 0 Å². The van der Waals surface area contributed by atoms with Gasteiger partial charge in [-0.05, 0) is 13.8 Å². The smallest absolute Gasteiger partial charge is 0.324 e. The predicted molar refractivity (Wildman–Crippen MR) is 50.0 cm³/mol. The molecule has 0 heterocycles. The van der Waals surface area contributed by atoms with E-state index in [1.54, 1.807) is 5.32 Å². The molecule has 0 fully saturated rings. The molecule has 0 aliphatic heterocycles. The quantitative estimate of drug-likeness (QED) is 0.710. The Kier molecular flexibility index (Phi) is 4.91. The van der Waals surface area contributed by atoms with Crippen molar-refractivity contribution >= 4 is 11.9 Å². The average molecular weight is 259 g/mol. The van der Waals surface area contributed by atoms with E-state index in [4.69, 9.17) is 5.11 Å². The van der Waals surface area contributed by atoms with E-state index in [1.807, 2.05) is 0 Å². The summed E-state index contributed by atoms with van der Waals surface area (Å²) in [6, 6.07) is 0. The van der Waals surface area contributed by atoms with E-state index < -0.39 is 42.6 Å². The number of alkyl halides is 4. The van der Waals surface area contributed by atoms with Gasteiger partial charge in [-0.15, -0.1) is 0 Å². The molecule has 0 spiro atoms. The van der Waals surface area contributed by atoms with Crippen LogP contribution in [-0.4, -0.2) is 35.9 Å². The number of carboxylic acid groups (broad SMARTS) is 1. The third kappa shape index (κ3) is 5.01. The van der Waals surface area contributed by atoms with Gasteiger partial charge in [-0.2, -0.15) is 8.78 Å². The van der Waals surface area contributed by atoms with Crippen LogP contribution in [0.3, 0.4) is 0 Å². The molecule has 0 aromatic heterocycles. The fraction of sp³-hybridized carbons (Fsp3) is 0.778. The number of carbonyl (C=O) groups is 2. The number of hydrogen-bond acceptors (Lipinski definition) is 2. The third-order valence-corrected chi connectivity index (χ3v) is 2.02. The molecular formula is C9H13F4NO3. The van der Waals surface area contributed by atoms with Crippen LogP contribution in [-0.2, 0) is 9.59 Å². The van der Waals surface area contributed by atoms with Gasteiger partial charge >= 0.3 is 18.3 Å². The first kappa shape index (κ1) is 15.7. The number of carbonyl (C=O) groups excluding carboxylic acids is 1. The average Bonchev–Trinajstić information content (AvgIpc) is 2.13. The van der Waals surface area contributed by atoms with E-state index in [-0.39, 0.29) is 0 Å². The van der Waals surface area contributed by atoms with Crippen molar-refractivity contribution in [2.24, 2.45) is 5.41 Å². The lowest BCUT2D eigenvalue weighted by atomic mass is 9.89. The number of rotatable bonds is 6. The molecule has 0 saturated carbocycles. The van der Waals surface area contributed by atoms with Crippen LogP contribution in [0.25, 0.3) is 0 Å². The zero-order valence-corrected chi connectivity index (χ0v) is 9.27. The molecule has 0 aliphatic carbocycles. The second kappa shape index (κ2) is 5.33. The summed E-state index contributed by atoms with van der Waals surface area (Å²) < 4.78 is 48.3. The molecule has 0 aliphatic rings. The van der Waals surface area contributed by atoms with Crippen molar-refractivity contribution in [3.63, 3.8) is 0 Å². The Morgan fingerprint density at radius 1 is 1.29 bits per heavy atom. The maximum atomic E-state index is 12.4. The largest absolute Gasteiger partial charge is 0.481 e. The molecular weight excluding hydrogens is 246 g/mol. The monoisotopic (exact) mass is 259 g/mol. The van der Waals surface area contributed by atoms with Gasteiger partial charge in [0.1, 0.15) is 0 Å². The van der Waals surface area contributed by atoms with Gasteiger partial charge in [-0.25, -0.2) is 8.78 Å². The minimum atomic E-state index is -4.32. The fourth-order valence-electron chi connectivity index (χ4n) is 0.833. The van der Waals surface area contributed by atoms with Gasteiger partial charge in [0.2, 0.25) is 5.91 Å². The third-order valence-electron chi connectivity index (χ3n) is 2.02. The summed E-state index contributed by atoms with van der Waals surface area (Å²) in [6.07, 6.45) is -4.45. The van der Waals surface area contributed by atoms with Gasteiger partial charge in [0.15, 0.2) is 0 Å². The van der Waals surface area contributed by atoms with Crippen LogP contribution in [0.4, 0.5) is 17.6 Å². The van der Waals surface area contributed by atoms with Gasteiger partial charge in [0.05, 0.1) is 12.0 Å². The van der Waals surface area contributed by atoms with Crippen molar-refractivity contribution in [1.29, 1.82) is 0 Å². The second-order valence-corrected chi connectivity index (χ2v) is 4.20. The lowest BCUT2D eigenvalue weighted by Crippen LogP contribution is -2.43. The highest BCUT2D eigenvalue weighted by atomic mass is 19.3. The summed E-state index contributed by atoms with van der Waals surface area (Å²) in [4.78, 5) is 21.7. The van der Waals surface area contributed by atoms with Gasteiger partial charge < -0.3 is 10.4 Å². The Bertz CT molecular complexity index is 305.